The summed E-state index contributed by atoms with van der Waals surface area (Å²) in [6.45, 7) is 0. The fraction of sp³-hybridized carbons (Fsp3) is 0. The van der Waals surface area contributed by atoms with Crippen LogP contribution in [0.2, 0.25) is 0 Å². The Balaban J connectivity index is 2.27. The molecule has 0 aliphatic heterocycles. The maximum Gasteiger partial charge on any atom is 0.269 e. The number of hydrogen-bond acceptors (Lipinski definition) is 4. The Hall–Kier alpha value is -1.48. The zero-order valence-electron chi connectivity index (χ0n) is 9.96. The molecule has 0 saturated heterocycles. The Morgan fingerprint density at radius 3 is 2.55 bits per heavy atom. The number of non-ortho nitro benzene ring substituents is 1. The van der Waals surface area contributed by atoms with E-state index in [4.69, 9.17) is 0 Å². The lowest BCUT2D eigenvalue weighted by Gasteiger charge is -2.02. The molecular weight excluding hydrogens is 439 g/mol. The first-order valence-corrected chi connectivity index (χ1v) is 7.31. The molecule has 5 nitrogen and oxygen atoms in total. The van der Waals surface area contributed by atoms with Crippen molar-refractivity contribution in [2.24, 2.45) is 4.99 Å². The highest BCUT2D eigenvalue weighted by molar-refractivity contribution is 14.1. The number of aliphatic imine (C=N–C) groups is 1. The molecule has 0 bridgehead atoms. The first kappa shape index (κ1) is 14.9. The SMILES string of the molecule is O=[N+]([O-])c1ccc(N=Cc2cc(Br)cc(I)c2O)cc1. The molecule has 2 aromatic rings. The normalized spacial score (nSPS) is 10.9. The van der Waals surface area contributed by atoms with E-state index in [1.807, 2.05) is 22.6 Å². The maximum absolute atomic E-state index is 10.5. The fourth-order valence-electron chi connectivity index (χ4n) is 1.49. The number of nitro groups is 1. The zero-order chi connectivity index (χ0) is 14.7. The quantitative estimate of drug-likeness (QED) is 0.328. The minimum atomic E-state index is -0.462. The molecule has 0 aromatic heterocycles. The number of benzene rings is 2. The number of nitro benzene ring substituents is 1. The summed E-state index contributed by atoms with van der Waals surface area (Å²) >= 11 is 5.37. The largest absolute Gasteiger partial charge is 0.506 e. The van der Waals surface area contributed by atoms with Gasteiger partial charge in [-0.3, -0.25) is 15.1 Å². The van der Waals surface area contributed by atoms with Gasteiger partial charge in [0.05, 0.1) is 14.2 Å². The second-order valence-electron chi connectivity index (χ2n) is 3.86. The third kappa shape index (κ3) is 3.54. The summed E-state index contributed by atoms with van der Waals surface area (Å²) in [5.74, 6) is 0.152. The Labute approximate surface area is 136 Å². The third-order valence-electron chi connectivity index (χ3n) is 2.47. The van der Waals surface area contributed by atoms with Crippen LogP contribution in [0, 0.1) is 13.7 Å². The molecule has 0 heterocycles. The number of phenolic OH excluding ortho intramolecular Hbond substituents is 1. The van der Waals surface area contributed by atoms with E-state index in [0.29, 0.717) is 14.8 Å². The van der Waals surface area contributed by atoms with Crippen molar-refractivity contribution in [3.63, 3.8) is 0 Å². The maximum atomic E-state index is 10.5. The van der Waals surface area contributed by atoms with E-state index < -0.39 is 4.92 Å². The predicted molar refractivity (Wildman–Crippen MR) is 88.9 cm³/mol. The van der Waals surface area contributed by atoms with Crippen molar-refractivity contribution in [2.75, 3.05) is 0 Å². The molecule has 0 atom stereocenters. The second-order valence-corrected chi connectivity index (χ2v) is 5.94. The molecular formula is C13H8BrIN2O3. The molecule has 0 amide bonds. The van der Waals surface area contributed by atoms with Gasteiger partial charge in [0.15, 0.2) is 0 Å². The van der Waals surface area contributed by atoms with Crippen molar-refractivity contribution in [2.45, 2.75) is 0 Å². The van der Waals surface area contributed by atoms with Crippen molar-refractivity contribution < 1.29 is 10.0 Å². The summed E-state index contributed by atoms with van der Waals surface area (Å²) in [6.07, 6.45) is 1.52. The predicted octanol–water partition coefficient (Wildman–Crippen LogP) is 4.42. The van der Waals surface area contributed by atoms with E-state index >= 15 is 0 Å². The number of hydrogen-bond donors (Lipinski definition) is 1. The van der Waals surface area contributed by atoms with Crippen LogP contribution in [-0.2, 0) is 0 Å². The van der Waals surface area contributed by atoms with Gasteiger partial charge in [-0.15, -0.1) is 0 Å². The fourth-order valence-corrected chi connectivity index (χ4v) is 3.04. The van der Waals surface area contributed by atoms with Gasteiger partial charge >= 0.3 is 0 Å². The van der Waals surface area contributed by atoms with Crippen molar-refractivity contribution in [3.8, 4) is 5.75 Å². The van der Waals surface area contributed by atoms with Crippen molar-refractivity contribution in [1.29, 1.82) is 0 Å². The van der Waals surface area contributed by atoms with Crippen LogP contribution >= 0.6 is 38.5 Å². The van der Waals surface area contributed by atoms with Crippen molar-refractivity contribution in [1.82, 2.24) is 0 Å². The van der Waals surface area contributed by atoms with E-state index in [-0.39, 0.29) is 11.4 Å². The molecule has 0 spiro atoms. The Kier molecular flexibility index (Phi) is 4.71. The highest BCUT2D eigenvalue weighted by Gasteiger charge is 2.06. The van der Waals surface area contributed by atoms with Crippen molar-refractivity contribution in [3.05, 3.63) is 60.1 Å². The summed E-state index contributed by atoms with van der Waals surface area (Å²) in [5.41, 5.74) is 1.16. The minimum Gasteiger partial charge on any atom is -0.506 e. The van der Waals surface area contributed by atoms with Crippen LogP contribution in [0.4, 0.5) is 11.4 Å². The summed E-state index contributed by atoms with van der Waals surface area (Å²) in [6, 6.07) is 9.41. The molecule has 0 fully saturated rings. The van der Waals surface area contributed by atoms with Gasteiger partial charge in [0.25, 0.3) is 5.69 Å². The molecule has 20 heavy (non-hydrogen) atoms. The van der Waals surface area contributed by atoms with Crippen LogP contribution in [0.5, 0.6) is 5.75 Å². The lowest BCUT2D eigenvalue weighted by atomic mass is 10.2. The second kappa shape index (κ2) is 6.31. The van der Waals surface area contributed by atoms with Gasteiger partial charge in [0.1, 0.15) is 5.75 Å². The molecule has 0 aliphatic carbocycles. The van der Waals surface area contributed by atoms with Crippen LogP contribution in [0.15, 0.2) is 45.9 Å². The molecule has 2 rings (SSSR count). The summed E-state index contributed by atoms with van der Waals surface area (Å²) in [4.78, 5) is 14.3. The third-order valence-corrected chi connectivity index (χ3v) is 3.75. The topological polar surface area (TPSA) is 75.7 Å². The van der Waals surface area contributed by atoms with E-state index in [1.54, 1.807) is 24.3 Å². The molecule has 0 saturated carbocycles. The van der Waals surface area contributed by atoms with Gasteiger partial charge in [-0.1, -0.05) is 15.9 Å². The van der Waals surface area contributed by atoms with Crippen LogP contribution in [0.1, 0.15) is 5.56 Å². The van der Waals surface area contributed by atoms with Gasteiger partial charge in [-0.25, -0.2) is 0 Å². The number of aromatic hydroxyl groups is 1. The molecule has 0 aliphatic rings. The first-order valence-electron chi connectivity index (χ1n) is 5.44. The Morgan fingerprint density at radius 1 is 1.30 bits per heavy atom. The van der Waals surface area contributed by atoms with Crippen molar-refractivity contribution >= 4 is 56.1 Å². The average molecular weight is 447 g/mol. The molecule has 102 valence electrons. The molecule has 0 radical (unpaired) electrons. The summed E-state index contributed by atoms with van der Waals surface area (Å²) < 4.78 is 1.55. The zero-order valence-corrected chi connectivity index (χ0v) is 13.7. The molecule has 2 aromatic carbocycles. The van der Waals surface area contributed by atoms with Crippen LogP contribution in [0.3, 0.4) is 0 Å². The summed E-state index contributed by atoms with van der Waals surface area (Å²) in [5, 5.41) is 20.4. The van der Waals surface area contributed by atoms with Gasteiger partial charge in [0, 0.05) is 28.4 Å². The number of phenols is 1. The summed E-state index contributed by atoms with van der Waals surface area (Å²) in [7, 11) is 0. The Bertz CT molecular complexity index is 687. The van der Waals surface area contributed by atoms with Crippen LogP contribution in [0.25, 0.3) is 0 Å². The van der Waals surface area contributed by atoms with E-state index in [2.05, 4.69) is 20.9 Å². The van der Waals surface area contributed by atoms with E-state index in [0.717, 1.165) is 4.47 Å². The van der Waals surface area contributed by atoms with Gasteiger partial charge in [-0.05, 0) is 46.9 Å². The Morgan fingerprint density at radius 2 is 1.95 bits per heavy atom. The monoisotopic (exact) mass is 446 g/mol. The van der Waals surface area contributed by atoms with Crippen LogP contribution in [-0.4, -0.2) is 16.2 Å². The lowest BCUT2D eigenvalue weighted by molar-refractivity contribution is -0.384. The standard InChI is InChI=1S/C13H8BrIN2O3/c14-9-5-8(13(18)12(15)6-9)7-16-10-1-3-11(4-2-10)17(19)20/h1-7,18H. The number of halogens is 2. The minimum absolute atomic E-state index is 0.0174. The molecule has 7 heteroatoms. The van der Waals surface area contributed by atoms with E-state index in [1.165, 1.54) is 18.3 Å². The van der Waals surface area contributed by atoms with Crippen LogP contribution < -0.4 is 0 Å². The van der Waals surface area contributed by atoms with Gasteiger partial charge < -0.3 is 5.11 Å². The number of nitrogens with zero attached hydrogens (tertiary/aromatic N) is 2. The first-order chi connectivity index (χ1) is 9.47. The highest BCUT2D eigenvalue weighted by Crippen LogP contribution is 2.28. The lowest BCUT2D eigenvalue weighted by Crippen LogP contribution is -1.87. The van der Waals surface area contributed by atoms with Gasteiger partial charge in [0.2, 0.25) is 0 Å². The molecule has 0 unspecified atom stereocenters. The van der Waals surface area contributed by atoms with Gasteiger partial charge in [-0.2, -0.15) is 0 Å². The molecule has 1 N–H and O–H groups in total. The number of rotatable bonds is 3. The smallest absolute Gasteiger partial charge is 0.269 e. The average Bonchev–Trinajstić information content (AvgIpc) is 2.41. The van der Waals surface area contributed by atoms with E-state index in [9.17, 15) is 15.2 Å². The highest BCUT2D eigenvalue weighted by atomic mass is 127.